The van der Waals surface area contributed by atoms with Gasteiger partial charge >= 0.3 is 5.97 Å². The molecule has 3 aliphatic rings. The van der Waals surface area contributed by atoms with Crippen LogP contribution in [0.3, 0.4) is 0 Å². The van der Waals surface area contributed by atoms with Crippen molar-refractivity contribution in [1.82, 2.24) is 5.01 Å². The number of ether oxygens (including phenoxy) is 3. The number of halogens is 2. The molecule has 2 aliphatic carbocycles. The summed E-state index contributed by atoms with van der Waals surface area (Å²) in [6.07, 6.45) is 6.39. The number of hydrogen-bond acceptors (Lipinski definition) is 7. The Labute approximate surface area is 195 Å². The minimum atomic E-state index is -0.531. The average molecular weight is 556 g/mol. The molecule has 1 saturated carbocycles. The third kappa shape index (κ3) is 3.80. The lowest BCUT2D eigenvalue weighted by molar-refractivity contribution is -0.143. The molecule has 1 aliphatic heterocycles. The van der Waals surface area contributed by atoms with E-state index in [1.165, 1.54) is 13.3 Å². The number of benzene rings is 1. The molecule has 8 nitrogen and oxygen atoms in total. The van der Waals surface area contributed by atoms with Gasteiger partial charge in [0.2, 0.25) is 0 Å². The van der Waals surface area contributed by atoms with Crippen LogP contribution in [0.1, 0.15) is 18.9 Å². The number of methoxy groups -OCH3 is 1. The number of amides is 2. The molecule has 2 bridgehead atoms. The first-order chi connectivity index (χ1) is 14.9. The van der Waals surface area contributed by atoms with Crippen molar-refractivity contribution in [1.29, 1.82) is 0 Å². The normalized spacial score (nSPS) is 26.1. The molecule has 10 heteroatoms. The Bertz CT molecular complexity index is 978. The van der Waals surface area contributed by atoms with E-state index >= 15 is 0 Å². The molecule has 4 atom stereocenters. The van der Waals surface area contributed by atoms with E-state index in [-0.39, 0.29) is 42.1 Å². The smallest absolute Gasteiger partial charge is 0.343 e. The predicted molar refractivity (Wildman–Crippen MR) is 118 cm³/mol. The van der Waals surface area contributed by atoms with Crippen LogP contribution >= 0.6 is 31.9 Å². The van der Waals surface area contributed by atoms with Crippen molar-refractivity contribution in [2.24, 2.45) is 28.8 Å². The van der Waals surface area contributed by atoms with Crippen LogP contribution in [-0.4, -0.2) is 49.3 Å². The molecule has 0 aromatic heterocycles. The first-order valence-electron chi connectivity index (χ1n) is 9.81. The van der Waals surface area contributed by atoms with E-state index in [4.69, 9.17) is 9.47 Å². The van der Waals surface area contributed by atoms with Crippen LogP contribution < -0.4 is 9.47 Å². The van der Waals surface area contributed by atoms with E-state index in [0.29, 0.717) is 32.6 Å². The first-order valence-corrected chi connectivity index (χ1v) is 11.4. The molecule has 2 amide bonds. The van der Waals surface area contributed by atoms with Gasteiger partial charge in [-0.25, -0.2) is 4.79 Å². The van der Waals surface area contributed by atoms with E-state index < -0.39 is 5.97 Å². The van der Waals surface area contributed by atoms with Crippen molar-refractivity contribution < 1.29 is 28.6 Å². The maximum absolute atomic E-state index is 12.8. The van der Waals surface area contributed by atoms with Gasteiger partial charge in [0, 0.05) is 10.0 Å². The minimum absolute atomic E-state index is 0.128. The summed E-state index contributed by atoms with van der Waals surface area (Å²) < 4.78 is 16.9. The van der Waals surface area contributed by atoms with Crippen LogP contribution in [0.5, 0.6) is 11.5 Å². The highest BCUT2D eigenvalue weighted by molar-refractivity contribution is 9.13. The standard InChI is InChI=1S/C21H20Br2N2O6/c1-3-30-13-7-12(17(22)18(23)19(13)31-9-14(26)29-2)8-24-25-20(27)15-10-4-5-11(6-10)16(15)21(25)28/h4-5,7-8,10-11,15-16H,3,6,9H2,1-2H3/t10-,11-,15-,16+/m0/s1. The molecule has 0 radical (unpaired) electrons. The van der Waals surface area contributed by atoms with Crippen LogP contribution in [0.25, 0.3) is 0 Å². The summed E-state index contributed by atoms with van der Waals surface area (Å²) in [7, 11) is 1.27. The fourth-order valence-electron chi connectivity index (χ4n) is 4.41. The number of hydrogen-bond donors (Lipinski definition) is 0. The highest BCUT2D eigenvalue weighted by atomic mass is 79.9. The van der Waals surface area contributed by atoms with Crippen molar-refractivity contribution in [2.75, 3.05) is 20.3 Å². The Morgan fingerprint density at radius 3 is 2.39 bits per heavy atom. The maximum atomic E-state index is 12.8. The van der Waals surface area contributed by atoms with Gasteiger partial charge in [0.25, 0.3) is 11.8 Å². The van der Waals surface area contributed by atoms with Gasteiger partial charge in [0.1, 0.15) is 0 Å². The zero-order valence-electron chi connectivity index (χ0n) is 16.8. The van der Waals surface area contributed by atoms with Gasteiger partial charge in [-0.05, 0) is 63.1 Å². The van der Waals surface area contributed by atoms with E-state index in [0.717, 1.165) is 11.4 Å². The van der Waals surface area contributed by atoms with Crippen LogP contribution in [-0.2, 0) is 19.1 Å². The topological polar surface area (TPSA) is 94.5 Å². The number of fused-ring (bicyclic) bond motifs is 5. The monoisotopic (exact) mass is 554 g/mol. The van der Waals surface area contributed by atoms with Gasteiger partial charge in [-0.3, -0.25) is 9.59 Å². The van der Waals surface area contributed by atoms with Crippen molar-refractivity contribution in [3.8, 4) is 11.5 Å². The highest BCUT2D eigenvalue weighted by Crippen LogP contribution is 2.52. The van der Waals surface area contributed by atoms with E-state index in [2.05, 4.69) is 41.7 Å². The Hall–Kier alpha value is -2.20. The van der Waals surface area contributed by atoms with Gasteiger partial charge in [0.05, 0.1) is 36.2 Å². The Morgan fingerprint density at radius 1 is 1.16 bits per heavy atom. The number of nitrogens with zero attached hydrogens (tertiary/aromatic N) is 2. The fourth-order valence-corrected chi connectivity index (χ4v) is 5.34. The molecule has 1 saturated heterocycles. The number of carbonyl (C=O) groups excluding carboxylic acids is 3. The Balaban J connectivity index is 1.60. The van der Waals surface area contributed by atoms with E-state index in [1.807, 2.05) is 19.1 Å². The number of allylic oxidation sites excluding steroid dienone is 2. The summed E-state index contributed by atoms with van der Waals surface area (Å²) in [5.41, 5.74) is 0.569. The SMILES string of the molecule is CCOc1cc(C=NN2C(=O)[C@@H]3[C@H](C2=O)[C@H]2C=C[C@H]3C2)c(Br)c(Br)c1OCC(=O)OC. The predicted octanol–water partition coefficient (Wildman–Crippen LogP) is 3.30. The number of imide groups is 1. The second-order valence-electron chi connectivity index (χ2n) is 7.45. The molecule has 1 aromatic carbocycles. The quantitative estimate of drug-likeness (QED) is 0.222. The molecule has 0 spiro atoms. The summed E-state index contributed by atoms with van der Waals surface area (Å²) in [6, 6.07) is 1.66. The third-order valence-electron chi connectivity index (χ3n) is 5.78. The molecule has 1 heterocycles. The van der Waals surface area contributed by atoms with Gasteiger partial charge in [-0.1, -0.05) is 12.2 Å². The van der Waals surface area contributed by atoms with Gasteiger partial charge in [-0.2, -0.15) is 10.1 Å². The Kier molecular flexibility index (Phi) is 6.20. The molecule has 2 fully saturated rings. The molecule has 31 heavy (non-hydrogen) atoms. The van der Waals surface area contributed by atoms with Crippen LogP contribution in [0, 0.1) is 23.7 Å². The average Bonchev–Trinajstić information content (AvgIpc) is 3.44. The summed E-state index contributed by atoms with van der Waals surface area (Å²) in [4.78, 5) is 37.1. The second-order valence-corrected chi connectivity index (χ2v) is 9.04. The molecule has 4 rings (SSSR count). The summed E-state index contributed by atoms with van der Waals surface area (Å²) in [5.74, 6) is -0.681. The molecular formula is C21H20Br2N2O6. The summed E-state index contributed by atoms with van der Waals surface area (Å²) >= 11 is 6.91. The number of hydrazone groups is 1. The van der Waals surface area contributed by atoms with Crippen molar-refractivity contribution in [3.63, 3.8) is 0 Å². The lowest BCUT2D eigenvalue weighted by Gasteiger charge is -2.16. The molecule has 0 unspecified atom stereocenters. The zero-order chi connectivity index (χ0) is 22.3. The number of esters is 1. The lowest BCUT2D eigenvalue weighted by Crippen LogP contribution is -2.28. The van der Waals surface area contributed by atoms with Crippen LogP contribution in [0.4, 0.5) is 0 Å². The fraction of sp³-hybridized carbons (Fsp3) is 0.429. The lowest BCUT2D eigenvalue weighted by atomic mass is 9.85. The van der Waals surface area contributed by atoms with Crippen LogP contribution in [0.15, 0.2) is 32.3 Å². The van der Waals surface area contributed by atoms with Crippen LogP contribution in [0.2, 0.25) is 0 Å². The van der Waals surface area contributed by atoms with Crippen molar-refractivity contribution in [3.05, 3.63) is 32.7 Å². The Morgan fingerprint density at radius 2 is 1.81 bits per heavy atom. The molecular weight excluding hydrogens is 536 g/mol. The molecule has 1 aromatic rings. The number of rotatable bonds is 7. The van der Waals surface area contributed by atoms with E-state index in [9.17, 15) is 14.4 Å². The highest BCUT2D eigenvalue weighted by Gasteiger charge is 2.59. The maximum Gasteiger partial charge on any atom is 0.343 e. The van der Waals surface area contributed by atoms with Crippen molar-refractivity contribution in [2.45, 2.75) is 13.3 Å². The number of carbonyl (C=O) groups is 3. The van der Waals surface area contributed by atoms with E-state index in [1.54, 1.807) is 6.07 Å². The molecule has 0 N–H and O–H groups in total. The third-order valence-corrected chi connectivity index (χ3v) is 7.92. The second kappa shape index (κ2) is 8.74. The first kappa shape index (κ1) is 22.0. The molecule has 164 valence electrons. The van der Waals surface area contributed by atoms with Gasteiger partial charge in [0.15, 0.2) is 18.1 Å². The van der Waals surface area contributed by atoms with Gasteiger partial charge < -0.3 is 14.2 Å². The zero-order valence-corrected chi connectivity index (χ0v) is 20.0. The van der Waals surface area contributed by atoms with Crippen molar-refractivity contribution >= 4 is 55.9 Å². The summed E-state index contributed by atoms with van der Waals surface area (Å²) in [6.45, 7) is 1.89. The minimum Gasteiger partial charge on any atom is -0.490 e. The summed E-state index contributed by atoms with van der Waals surface area (Å²) in [5, 5.41) is 5.21. The largest absolute Gasteiger partial charge is 0.490 e. The van der Waals surface area contributed by atoms with Gasteiger partial charge in [-0.15, -0.1) is 0 Å².